The minimum atomic E-state index is 0.484. The molecule has 204 valence electrons. The Morgan fingerprint density at radius 3 is 2.27 bits per heavy atom. The molecule has 1 unspecified atom stereocenters. The fourth-order valence-corrected chi connectivity index (χ4v) is 6.57. The van der Waals surface area contributed by atoms with Gasteiger partial charge in [0.1, 0.15) is 0 Å². The summed E-state index contributed by atoms with van der Waals surface area (Å²) >= 11 is 2.01. The van der Waals surface area contributed by atoms with E-state index in [2.05, 4.69) is 153 Å². The van der Waals surface area contributed by atoms with Crippen LogP contribution in [0.15, 0.2) is 154 Å². The number of anilines is 2. The number of thioether (sulfide) groups is 1. The van der Waals surface area contributed by atoms with E-state index in [0.717, 1.165) is 25.9 Å². The summed E-state index contributed by atoms with van der Waals surface area (Å²) in [6, 6.07) is 21.6. The van der Waals surface area contributed by atoms with Crippen LogP contribution in [-0.4, -0.2) is 18.3 Å². The van der Waals surface area contributed by atoms with Gasteiger partial charge in [0.2, 0.25) is 0 Å². The Kier molecular flexibility index (Phi) is 9.13. The van der Waals surface area contributed by atoms with Crippen LogP contribution >= 0.6 is 11.8 Å². The van der Waals surface area contributed by atoms with Gasteiger partial charge in [-0.1, -0.05) is 78.9 Å². The lowest BCUT2D eigenvalue weighted by atomic mass is 9.95. The van der Waals surface area contributed by atoms with E-state index in [9.17, 15) is 0 Å². The van der Waals surface area contributed by atoms with Crippen LogP contribution in [0.25, 0.3) is 0 Å². The molecule has 0 aromatic heterocycles. The Balaban J connectivity index is 1.62. The molecule has 1 atom stereocenters. The summed E-state index contributed by atoms with van der Waals surface area (Å²) in [7, 11) is 0. The van der Waals surface area contributed by atoms with Crippen molar-refractivity contribution in [3.8, 4) is 0 Å². The summed E-state index contributed by atoms with van der Waals surface area (Å²) < 4.78 is 0. The molecule has 5 rings (SSSR count). The average molecular weight is 545 g/mol. The van der Waals surface area contributed by atoms with Crippen molar-refractivity contribution in [1.29, 1.82) is 0 Å². The van der Waals surface area contributed by atoms with E-state index in [0.29, 0.717) is 5.25 Å². The minimum absolute atomic E-state index is 0.484. The molecule has 3 heteroatoms. The summed E-state index contributed by atoms with van der Waals surface area (Å²) in [5.41, 5.74) is 10.3. The zero-order valence-electron chi connectivity index (χ0n) is 24.2. The van der Waals surface area contributed by atoms with E-state index in [1.54, 1.807) is 0 Å². The van der Waals surface area contributed by atoms with Gasteiger partial charge in [-0.15, -0.1) is 11.8 Å². The maximum Gasteiger partial charge on any atom is 0.0487 e. The van der Waals surface area contributed by atoms with Crippen molar-refractivity contribution < 1.29 is 0 Å². The lowest BCUT2D eigenvalue weighted by Gasteiger charge is -2.34. The zero-order valence-corrected chi connectivity index (χ0v) is 25.0. The molecule has 2 nitrogen and oxygen atoms in total. The second-order valence-electron chi connectivity index (χ2n) is 10.6. The third-order valence-corrected chi connectivity index (χ3v) is 8.99. The first kappa shape index (κ1) is 27.9. The molecule has 0 amide bonds. The molecule has 40 heavy (non-hydrogen) atoms. The van der Waals surface area contributed by atoms with Crippen LogP contribution in [0.3, 0.4) is 0 Å². The molecule has 0 fully saturated rings. The number of hydrogen-bond acceptors (Lipinski definition) is 3. The number of nitrogens with zero attached hydrogens (tertiary/aromatic N) is 2. The van der Waals surface area contributed by atoms with Gasteiger partial charge in [0.15, 0.2) is 0 Å². The van der Waals surface area contributed by atoms with Gasteiger partial charge in [-0.2, -0.15) is 0 Å². The second kappa shape index (κ2) is 13.1. The van der Waals surface area contributed by atoms with Crippen LogP contribution in [-0.2, 0) is 0 Å². The van der Waals surface area contributed by atoms with Crippen molar-refractivity contribution >= 4 is 23.1 Å². The van der Waals surface area contributed by atoms with Gasteiger partial charge in [0.05, 0.1) is 0 Å². The van der Waals surface area contributed by atoms with Crippen LogP contribution in [0.4, 0.5) is 11.4 Å². The first-order chi connectivity index (χ1) is 19.5. The quantitative estimate of drug-likeness (QED) is 0.378. The Morgan fingerprint density at radius 2 is 1.50 bits per heavy atom. The minimum Gasteiger partial charge on any atom is -0.364 e. The highest BCUT2D eigenvalue weighted by Crippen LogP contribution is 2.42. The van der Waals surface area contributed by atoms with Gasteiger partial charge >= 0.3 is 0 Å². The number of hydrogen-bond donors (Lipinski definition) is 0. The highest BCUT2D eigenvalue weighted by atomic mass is 32.2. The molecule has 0 radical (unpaired) electrons. The van der Waals surface area contributed by atoms with Crippen LogP contribution in [0.5, 0.6) is 0 Å². The van der Waals surface area contributed by atoms with Crippen molar-refractivity contribution in [2.24, 2.45) is 0 Å². The Morgan fingerprint density at radius 1 is 0.800 bits per heavy atom. The van der Waals surface area contributed by atoms with E-state index < -0.39 is 0 Å². The van der Waals surface area contributed by atoms with Crippen molar-refractivity contribution in [2.75, 3.05) is 22.9 Å². The molecule has 0 bridgehead atoms. The molecule has 2 heterocycles. The topological polar surface area (TPSA) is 6.48 Å². The standard InChI is InChI=1S/C37H40N2S/c1-28-15-11-12-25-38(32-18-7-5-8-19-32)26-14-22-36(31(28)4)39(33-20-9-6-10-21-33)34-23-24-37-35(27-34)29(2)16-13-17-30(3)40-37/h5-22,27,30H,23-26H2,1-4H3/b12-11-,17-13-,22-14-,28-15?,29-16?,36-31?. The molecule has 2 aromatic carbocycles. The van der Waals surface area contributed by atoms with E-state index in [4.69, 9.17) is 0 Å². The molecule has 0 spiro atoms. The molecule has 3 aliphatic rings. The summed E-state index contributed by atoms with van der Waals surface area (Å²) in [6.07, 6.45) is 22.7. The molecule has 2 aromatic rings. The van der Waals surface area contributed by atoms with Gasteiger partial charge in [0.25, 0.3) is 0 Å². The summed E-state index contributed by atoms with van der Waals surface area (Å²) in [6.45, 7) is 10.7. The van der Waals surface area contributed by atoms with Gasteiger partial charge in [-0.3, -0.25) is 0 Å². The first-order valence-corrected chi connectivity index (χ1v) is 15.2. The van der Waals surface area contributed by atoms with Crippen LogP contribution in [0, 0.1) is 0 Å². The Bertz CT molecular complexity index is 1450. The number of benzene rings is 2. The van der Waals surface area contributed by atoms with Crippen LogP contribution < -0.4 is 9.80 Å². The van der Waals surface area contributed by atoms with Crippen molar-refractivity contribution in [3.05, 3.63) is 154 Å². The fourth-order valence-electron chi connectivity index (χ4n) is 5.39. The normalized spacial score (nSPS) is 22.6. The molecule has 0 saturated heterocycles. The Labute approximate surface area is 245 Å². The highest BCUT2D eigenvalue weighted by molar-refractivity contribution is 8.03. The maximum atomic E-state index is 2.50. The lowest BCUT2D eigenvalue weighted by molar-refractivity contribution is 0.876. The molecular weight excluding hydrogens is 504 g/mol. The van der Waals surface area contributed by atoms with E-state index in [1.807, 2.05) is 11.8 Å². The summed E-state index contributed by atoms with van der Waals surface area (Å²) in [5.74, 6) is 0. The monoisotopic (exact) mass is 544 g/mol. The molecule has 2 aliphatic heterocycles. The molecule has 0 saturated carbocycles. The fraction of sp³-hybridized carbons (Fsp3) is 0.243. The largest absolute Gasteiger partial charge is 0.364 e. The van der Waals surface area contributed by atoms with E-state index >= 15 is 0 Å². The lowest BCUT2D eigenvalue weighted by Crippen LogP contribution is -2.25. The predicted octanol–water partition coefficient (Wildman–Crippen LogP) is 9.92. The van der Waals surface area contributed by atoms with Gasteiger partial charge in [-0.25, -0.2) is 0 Å². The zero-order chi connectivity index (χ0) is 27.9. The predicted molar refractivity (Wildman–Crippen MR) is 177 cm³/mol. The average Bonchev–Trinajstić information content (AvgIpc) is 3.00. The number of allylic oxidation sites excluding steroid dienone is 12. The number of para-hydroxylation sites is 2. The van der Waals surface area contributed by atoms with Gasteiger partial charge in [-0.05, 0) is 104 Å². The van der Waals surface area contributed by atoms with Crippen LogP contribution in [0.2, 0.25) is 0 Å². The Hall–Kier alpha value is -3.69. The summed E-state index contributed by atoms with van der Waals surface area (Å²) in [5, 5.41) is 0.484. The number of rotatable bonds is 4. The first-order valence-electron chi connectivity index (χ1n) is 14.3. The third kappa shape index (κ3) is 6.54. The van der Waals surface area contributed by atoms with Crippen LogP contribution in [0.1, 0.15) is 40.5 Å². The SMILES string of the molecule is CC1=C/C=C\CN(c2ccccc2)C/C=C\C(N(C2=CC3=C(CC2)SC(C)/C=C\C=C3C)c2ccccc2)=C1C. The summed E-state index contributed by atoms with van der Waals surface area (Å²) in [4.78, 5) is 6.41. The third-order valence-electron chi connectivity index (χ3n) is 7.75. The smallest absolute Gasteiger partial charge is 0.0487 e. The van der Waals surface area contributed by atoms with E-state index in [-0.39, 0.29) is 0 Å². The maximum absolute atomic E-state index is 2.50. The van der Waals surface area contributed by atoms with Crippen molar-refractivity contribution in [3.63, 3.8) is 0 Å². The molecule has 0 N–H and O–H groups in total. The van der Waals surface area contributed by atoms with Gasteiger partial charge < -0.3 is 9.80 Å². The van der Waals surface area contributed by atoms with Gasteiger partial charge in [0, 0.05) is 41.1 Å². The van der Waals surface area contributed by atoms with E-state index in [1.165, 1.54) is 50.0 Å². The highest BCUT2D eigenvalue weighted by Gasteiger charge is 2.24. The molecule has 1 aliphatic carbocycles. The molecular formula is C37H40N2S. The van der Waals surface area contributed by atoms with Crippen molar-refractivity contribution in [1.82, 2.24) is 0 Å². The second-order valence-corrected chi connectivity index (χ2v) is 12.1. The van der Waals surface area contributed by atoms with Crippen molar-refractivity contribution in [2.45, 2.75) is 45.8 Å².